The van der Waals surface area contributed by atoms with Gasteiger partial charge in [-0.2, -0.15) is 0 Å². The van der Waals surface area contributed by atoms with Crippen molar-refractivity contribution < 1.29 is 9.90 Å². The molecule has 4 nitrogen and oxygen atoms in total. The molecular weight excluding hydrogens is 348 g/mol. The van der Waals surface area contributed by atoms with E-state index in [9.17, 15) is 9.90 Å². The van der Waals surface area contributed by atoms with Crippen molar-refractivity contribution in [2.75, 3.05) is 11.9 Å². The van der Waals surface area contributed by atoms with Crippen LogP contribution in [0.3, 0.4) is 0 Å². The van der Waals surface area contributed by atoms with Crippen molar-refractivity contribution in [3.8, 4) is 0 Å². The Bertz CT molecular complexity index is 765. The molecule has 4 aliphatic carbocycles. The van der Waals surface area contributed by atoms with E-state index in [1.54, 1.807) is 0 Å². The van der Waals surface area contributed by atoms with Crippen molar-refractivity contribution >= 4 is 11.6 Å². The number of likely N-dealkylation sites (tertiary alicyclic amines) is 1. The lowest BCUT2D eigenvalue weighted by molar-refractivity contribution is -0.163. The summed E-state index contributed by atoms with van der Waals surface area (Å²) >= 11 is 0. The van der Waals surface area contributed by atoms with E-state index >= 15 is 0 Å². The average Bonchev–Trinajstić information content (AvgIpc) is 3.05. The topological polar surface area (TPSA) is 52.6 Å². The van der Waals surface area contributed by atoms with Crippen molar-refractivity contribution in [2.45, 2.75) is 83.4 Å². The summed E-state index contributed by atoms with van der Waals surface area (Å²) in [5.41, 5.74) is 4.11. The lowest BCUT2D eigenvalue weighted by atomic mass is 9.52. The molecule has 1 aromatic carbocycles. The first-order valence-electron chi connectivity index (χ1n) is 11.2. The van der Waals surface area contributed by atoms with E-state index in [1.807, 2.05) is 0 Å². The molecule has 3 unspecified atom stereocenters. The van der Waals surface area contributed by atoms with Gasteiger partial charge in [-0.1, -0.05) is 17.7 Å². The SMILES string of the molecule is Cc1cc(C)c(NC(=O)C2CCCN2C2C3CC4CC2CC(O)(C4)C3)c(C)c1. The fraction of sp³-hybridized carbons (Fsp3) is 0.708. The van der Waals surface area contributed by atoms with Gasteiger partial charge in [-0.25, -0.2) is 0 Å². The van der Waals surface area contributed by atoms with Crippen LogP contribution in [0.2, 0.25) is 0 Å². The highest BCUT2D eigenvalue weighted by Crippen LogP contribution is 2.57. The number of benzene rings is 1. The zero-order chi connectivity index (χ0) is 19.6. The Labute approximate surface area is 168 Å². The molecule has 28 heavy (non-hydrogen) atoms. The predicted octanol–water partition coefficient (Wildman–Crippen LogP) is 3.95. The molecule has 1 heterocycles. The molecule has 4 heteroatoms. The van der Waals surface area contributed by atoms with Crippen molar-refractivity contribution in [1.82, 2.24) is 4.90 Å². The van der Waals surface area contributed by atoms with Gasteiger partial charge in [-0.15, -0.1) is 0 Å². The molecule has 1 saturated heterocycles. The molecule has 1 aromatic rings. The van der Waals surface area contributed by atoms with Crippen LogP contribution < -0.4 is 5.32 Å². The second-order valence-corrected chi connectivity index (χ2v) is 10.3. The van der Waals surface area contributed by atoms with Gasteiger partial charge >= 0.3 is 0 Å². The summed E-state index contributed by atoms with van der Waals surface area (Å²) < 4.78 is 0. The number of nitrogens with one attached hydrogen (secondary N) is 1. The molecule has 2 N–H and O–H groups in total. The highest BCUT2D eigenvalue weighted by Gasteiger charge is 2.57. The van der Waals surface area contributed by atoms with Crippen molar-refractivity contribution in [2.24, 2.45) is 17.8 Å². The fourth-order valence-corrected chi connectivity index (χ4v) is 7.51. The zero-order valence-electron chi connectivity index (χ0n) is 17.5. The van der Waals surface area contributed by atoms with Crippen LogP contribution in [0.5, 0.6) is 0 Å². The summed E-state index contributed by atoms with van der Waals surface area (Å²) in [6.07, 6.45) is 7.49. The Balaban J connectivity index is 1.36. The summed E-state index contributed by atoms with van der Waals surface area (Å²) in [4.78, 5) is 15.8. The van der Waals surface area contributed by atoms with E-state index in [0.29, 0.717) is 23.8 Å². The monoisotopic (exact) mass is 382 g/mol. The second-order valence-electron chi connectivity index (χ2n) is 10.3. The smallest absolute Gasteiger partial charge is 0.241 e. The van der Waals surface area contributed by atoms with Gasteiger partial charge in [0.1, 0.15) is 0 Å². The number of aliphatic hydroxyl groups is 1. The van der Waals surface area contributed by atoms with Gasteiger partial charge in [-0.05, 0) is 101 Å². The predicted molar refractivity (Wildman–Crippen MR) is 111 cm³/mol. The number of hydrogen-bond acceptors (Lipinski definition) is 3. The van der Waals surface area contributed by atoms with Crippen LogP contribution >= 0.6 is 0 Å². The minimum atomic E-state index is -0.402. The van der Waals surface area contributed by atoms with Gasteiger partial charge in [0.15, 0.2) is 0 Å². The van der Waals surface area contributed by atoms with Crippen LogP contribution in [0, 0.1) is 38.5 Å². The number of rotatable bonds is 3. The summed E-state index contributed by atoms with van der Waals surface area (Å²) in [6, 6.07) is 4.77. The van der Waals surface area contributed by atoms with Gasteiger partial charge in [0, 0.05) is 11.7 Å². The molecule has 152 valence electrons. The summed E-state index contributed by atoms with van der Waals surface area (Å²) in [7, 11) is 0. The molecule has 6 rings (SSSR count). The Morgan fingerprint density at radius 2 is 1.75 bits per heavy atom. The van der Waals surface area contributed by atoms with Crippen LogP contribution in [-0.2, 0) is 4.79 Å². The van der Waals surface area contributed by atoms with E-state index in [0.717, 1.165) is 55.5 Å². The van der Waals surface area contributed by atoms with Crippen LogP contribution in [0.4, 0.5) is 5.69 Å². The number of amides is 1. The minimum Gasteiger partial charge on any atom is -0.390 e. The lowest BCUT2D eigenvalue weighted by Gasteiger charge is -2.60. The number of aryl methyl sites for hydroxylation is 3. The molecule has 5 aliphatic rings. The van der Waals surface area contributed by atoms with E-state index in [4.69, 9.17) is 0 Å². The zero-order valence-corrected chi connectivity index (χ0v) is 17.5. The summed E-state index contributed by atoms with van der Waals surface area (Å²) in [5, 5.41) is 14.2. The van der Waals surface area contributed by atoms with Crippen LogP contribution in [-0.4, -0.2) is 40.1 Å². The molecule has 4 saturated carbocycles. The van der Waals surface area contributed by atoms with Gasteiger partial charge in [0.25, 0.3) is 0 Å². The Kier molecular flexibility index (Phi) is 4.37. The molecule has 0 aromatic heterocycles. The van der Waals surface area contributed by atoms with Crippen molar-refractivity contribution in [1.29, 1.82) is 0 Å². The average molecular weight is 383 g/mol. The summed E-state index contributed by atoms with van der Waals surface area (Å²) in [6.45, 7) is 7.30. The lowest BCUT2D eigenvalue weighted by Crippen LogP contribution is -2.63. The second kappa shape index (κ2) is 6.56. The first-order valence-corrected chi connectivity index (χ1v) is 11.2. The first-order chi connectivity index (χ1) is 13.3. The van der Waals surface area contributed by atoms with Crippen LogP contribution in [0.25, 0.3) is 0 Å². The number of anilines is 1. The standard InChI is InChI=1S/C24H34N2O2/c1-14-7-15(2)21(16(3)8-14)25-23(27)20-5-4-6-26(20)22-18-9-17-10-19(22)13-24(28,11-17)12-18/h7-8,17-20,22,28H,4-6,9-13H2,1-3H3,(H,25,27). The maximum atomic E-state index is 13.3. The number of carbonyl (C=O) groups excluding carboxylic acids is 1. The third-order valence-electron chi connectivity index (χ3n) is 8.10. The van der Waals surface area contributed by atoms with Gasteiger partial charge < -0.3 is 10.4 Å². The van der Waals surface area contributed by atoms with E-state index in [1.165, 1.54) is 18.4 Å². The normalized spacial score (nSPS) is 39.5. The van der Waals surface area contributed by atoms with Gasteiger partial charge in [0.2, 0.25) is 5.91 Å². The van der Waals surface area contributed by atoms with Gasteiger partial charge in [0.05, 0.1) is 11.6 Å². The third kappa shape index (κ3) is 3.00. The molecule has 0 spiro atoms. The third-order valence-corrected chi connectivity index (χ3v) is 8.10. The van der Waals surface area contributed by atoms with E-state index < -0.39 is 5.60 Å². The van der Waals surface area contributed by atoms with Crippen LogP contribution in [0.15, 0.2) is 12.1 Å². The van der Waals surface area contributed by atoms with E-state index in [2.05, 4.69) is 43.1 Å². The van der Waals surface area contributed by atoms with Crippen LogP contribution in [0.1, 0.15) is 61.6 Å². The fourth-order valence-electron chi connectivity index (χ4n) is 7.51. The molecular formula is C24H34N2O2. The Morgan fingerprint density at radius 3 is 2.36 bits per heavy atom. The quantitative estimate of drug-likeness (QED) is 0.832. The largest absolute Gasteiger partial charge is 0.390 e. The molecule has 0 radical (unpaired) electrons. The van der Waals surface area contributed by atoms with Crippen molar-refractivity contribution in [3.05, 3.63) is 28.8 Å². The number of hydrogen-bond donors (Lipinski definition) is 2. The highest BCUT2D eigenvalue weighted by molar-refractivity contribution is 5.96. The maximum absolute atomic E-state index is 13.3. The first kappa shape index (κ1) is 18.6. The Hall–Kier alpha value is -1.39. The maximum Gasteiger partial charge on any atom is 0.241 e. The number of carbonyl (C=O) groups is 1. The molecule has 4 bridgehead atoms. The molecule has 5 fully saturated rings. The van der Waals surface area contributed by atoms with Gasteiger partial charge in [-0.3, -0.25) is 9.69 Å². The minimum absolute atomic E-state index is 0.0164. The molecule has 1 amide bonds. The van der Waals surface area contributed by atoms with Crippen molar-refractivity contribution in [3.63, 3.8) is 0 Å². The Morgan fingerprint density at radius 1 is 1.11 bits per heavy atom. The summed E-state index contributed by atoms with van der Waals surface area (Å²) in [5.74, 6) is 2.03. The molecule has 3 atom stereocenters. The van der Waals surface area contributed by atoms with E-state index in [-0.39, 0.29) is 11.9 Å². The highest BCUT2D eigenvalue weighted by atomic mass is 16.3. The number of nitrogens with zero attached hydrogens (tertiary/aromatic N) is 1. The molecule has 1 aliphatic heterocycles.